The first-order valence-electron chi connectivity index (χ1n) is 10.7. The van der Waals surface area contributed by atoms with Gasteiger partial charge < -0.3 is 15.0 Å². The van der Waals surface area contributed by atoms with Crippen molar-refractivity contribution in [2.75, 3.05) is 23.9 Å². The molecule has 160 valence electrons. The number of nitrogens with one attached hydrogen (secondary N) is 1. The third-order valence-corrected chi connectivity index (χ3v) is 5.86. The van der Waals surface area contributed by atoms with Gasteiger partial charge in [0, 0.05) is 34.9 Å². The van der Waals surface area contributed by atoms with Crippen molar-refractivity contribution < 1.29 is 9.53 Å². The molecule has 2 heterocycles. The van der Waals surface area contributed by atoms with Gasteiger partial charge in [0.25, 0.3) is 5.91 Å². The van der Waals surface area contributed by atoms with Crippen LogP contribution in [-0.4, -0.2) is 24.5 Å². The Morgan fingerprint density at radius 1 is 0.969 bits per heavy atom. The first-order valence-corrected chi connectivity index (χ1v) is 10.7. The molecule has 0 saturated heterocycles. The van der Waals surface area contributed by atoms with Crippen molar-refractivity contribution in [1.29, 1.82) is 0 Å². The minimum atomic E-state index is -0.111. The van der Waals surface area contributed by atoms with Gasteiger partial charge in [0.15, 0.2) is 0 Å². The summed E-state index contributed by atoms with van der Waals surface area (Å²) in [6, 6.07) is 22.0. The molecule has 1 aliphatic heterocycles. The van der Waals surface area contributed by atoms with Crippen LogP contribution in [0.2, 0.25) is 0 Å². The zero-order valence-electron chi connectivity index (χ0n) is 18.5. The fraction of sp³-hybridized carbons (Fsp3) is 0.185. The maximum Gasteiger partial charge on any atom is 0.255 e. The number of aryl methyl sites for hydroxylation is 2. The lowest BCUT2D eigenvalue weighted by Gasteiger charge is -2.19. The summed E-state index contributed by atoms with van der Waals surface area (Å²) in [4.78, 5) is 19.9. The van der Waals surface area contributed by atoms with Gasteiger partial charge >= 0.3 is 0 Å². The van der Waals surface area contributed by atoms with Crippen molar-refractivity contribution >= 4 is 34.0 Å². The summed E-state index contributed by atoms with van der Waals surface area (Å²) in [6.45, 7) is 4.92. The minimum Gasteiger partial charge on any atom is -0.497 e. The smallest absolute Gasteiger partial charge is 0.255 e. The molecule has 5 nitrogen and oxygen atoms in total. The van der Waals surface area contributed by atoms with Gasteiger partial charge in [0.1, 0.15) is 11.6 Å². The van der Waals surface area contributed by atoms with Crippen LogP contribution in [0, 0.1) is 13.8 Å². The minimum absolute atomic E-state index is 0.111. The van der Waals surface area contributed by atoms with E-state index in [4.69, 9.17) is 9.72 Å². The topological polar surface area (TPSA) is 54.5 Å². The van der Waals surface area contributed by atoms with E-state index in [0.717, 1.165) is 57.9 Å². The summed E-state index contributed by atoms with van der Waals surface area (Å²) in [5, 5.41) is 4.11. The lowest BCUT2D eigenvalue weighted by atomic mass is 10.1. The van der Waals surface area contributed by atoms with Gasteiger partial charge in [-0.3, -0.25) is 4.79 Å². The van der Waals surface area contributed by atoms with Crippen molar-refractivity contribution in [3.05, 3.63) is 89.0 Å². The SMILES string of the molecule is COc1ccc2cc3c(nc2c1)N(c1ccc(C(=O)Nc2cc(C)cc(C)c2)cc1)CC3. The molecule has 32 heavy (non-hydrogen) atoms. The largest absolute Gasteiger partial charge is 0.497 e. The molecule has 0 spiro atoms. The molecule has 0 radical (unpaired) electrons. The highest BCUT2D eigenvalue weighted by molar-refractivity contribution is 6.04. The van der Waals surface area contributed by atoms with E-state index >= 15 is 0 Å². The number of benzene rings is 3. The second-order valence-electron chi connectivity index (χ2n) is 8.31. The molecule has 5 rings (SSSR count). The number of hydrogen-bond acceptors (Lipinski definition) is 4. The first-order chi connectivity index (χ1) is 15.5. The van der Waals surface area contributed by atoms with Crippen LogP contribution in [0.25, 0.3) is 10.9 Å². The van der Waals surface area contributed by atoms with Crippen molar-refractivity contribution in [1.82, 2.24) is 4.98 Å². The zero-order chi connectivity index (χ0) is 22.2. The van der Waals surface area contributed by atoms with Crippen molar-refractivity contribution in [2.45, 2.75) is 20.3 Å². The Morgan fingerprint density at radius 2 is 1.72 bits per heavy atom. The molecule has 1 N–H and O–H groups in total. The molecule has 0 aliphatic carbocycles. The predicted molar refractivity (Wildman–Crippen MR) is 129 cm³/mol. The molecule has 1 aliphatic rings. The van der Waals surface area contributed by atoms with Crippen LogP contribution in [0.3, 0.4) is 0 Å². The average Bonchev–Trinajstić information content (AvgIpc) is 3.19. The monoisotopic (exact) mass is 423 g/mol. The Hall–Kier alpha value is -3.86. The summed E-state index contributed by atoms with van der Waals surface area (Å²) < 4.78 is 5.35. The van der Waals surface area contributed by atoms with Gasteiger partial charge in [-0.25, -0.2) is 4.98 Å². The van der Waals surface area contributed by atoms with Gasteiger partial charge in [0.2, 0.25) is 0 Å². The molecule has 4 aromatic rings. The van der Waals surface area contributed by atoms with E-state index < -0.39 is 0 Å². The Bertz CT molecular complexity index is 1310. The predicted octanol–water partition coefficient (Wildman–Crippen LogP) is 5.81. The van der Waals surface area contributed by atoms with Gasteiger partial charge in [-0.2, -0.15) is 0 Å². The Kier molecular flexibility index (Phi) is 5.02. The number of methoxy groups -OCH3 is 1. The number of ether oxygens (including phenoxy) is 1. The molecule has 0 unspecified atom stereocenters. The van der Waals surface area contributed by atoms with Crippen LogP contribution in [0.1, 0.15) is 27.0 Å². The maximum atomic E-state index is 12.7. The highest BCUT2D eigenvalue weighted by Gasteiger charge is 2.23. The number of aromatic nitrogens is 1. The first kappa shape index (κ1) is 20.1. The summed E-state index contributed by atoms with van der Waals surface area (Å²) in [7, 11) is 1.67. The van der Waals surface area contributed by atoms with Gasteiger partial charge in [0.05, 0.1) is 12.6 Å². The maximum absolute atomic E-state index is 12.7. The summed E-state index contributed by atoms with van der Waals surface area (Å²) in [5.41, 5.74) is 6.88. The quantitative estimate of drug-likeness (QED) is 0.450. The van der Waals surface area contributed by atoms with Crippen LogP contribution in [-0.2, 0) is 6.42 Å². The zero-order valence-corrected chi connectivity index (χ0v) is 18.5. The van der Waals surface area contributed by atoms with Crippen LogP contribution in [0.5, 0.6) is 5.75 Å². The Morgan fingerprint density at radius 3 is 2.44 bits per heavy atom. The Labute approximate surface area is 187 Å². The second kappa shape index (κ2) is 8.00. The third kappa shape index (κ3) is 3.78. The van der Waals surface area contributed by atoms with E-state index in [0.29, 0.717) is 5.56 Å². The molecule has 5 heteroatoms. The van der Waals surface area contributed by atoms with E-state index in [9.17, 15) is 4.79 Å². The molecule has 0 fully saturated rings. The standard InChI is InChI=1S/C27H25N3O2/c1-17-12-18(2)14-22(13-17)28-27(31)19-4-7-23(8-5-19)30-11-10-21-15-20-6-9-24(32-3)16-25(20)29-26(21)30/h4-9,12-16H,10-11H2,1-3H3,(H,28,31). The van der Waals surface area contributed by atoms with Crippen LogP contribution in [0.4, 0.5) is 17.2 Å². The molecule has 0 bridgehead atoms. The fourth-order valence-electron chi connectivity index (χ4n) is 4.36. The highest BCUT2D eigenvalue weighted by Crippen LogP contribution is 2.35. The molecule has 0 saturated carbocycles. The molecule has 3 aromatic carbocycles. The van der Waals surface area contributed by atoms with Crippen LogP contribution in [0.15, 0.2) is 66.7 Å². The van der Waals surface area contributed by atoms with E-state index in [1.807, 2.05) is 68.4 Å². The van der Waals surface area contributed by atoms with Crippen molar-refractivity contribution in [3.63, 3.8) is 0 Å². The van der Waals surface area contributed by atoms with Gasteiger partial charge in [-0.15, -0.1) is 0 Å². The lowest BCUT2D eigenvalue weighted by molar-refractivity contribution is 0.102. The number of anilines is 3. The van der Waals surface area contributed by atoms with Crippen LogP contribution < -0.4 is 15.0 Å². The number of rotatable bonds is 4. The highest BCUT2D eigenvalue weighted by atomic mass is 16.5. The number of carbonyl (C=O) groups excluding carboxylic acids is 1. The van der Waals surface area contributed by atoms with Crippen molar-refractivity contribution in [2.24, 2.45) is 0 Å². The summed E-state index contributed by atoms with van der Waals surface area (Å²) >= 11 is 0. The molecular weight excluding hydrogens is 398 g/mol. The number of fused-ring (bicyclic) bond motifs is 2. The van der Waals surface area contributed by atoms with Gasteiger partial charge in [-0.1, -0.05) is 6.07 Å². The summed E-state index contributed by atoms with van der Waals surface area (Å²) in [5.74, 6) is 1.66. The number of pyridine rings is 1. The van der Waals surface area contributed by atoms with E-state index in [2.05, 4.69) is 22.3 Å². The molecular formula is C27H25N3O2. The normalized spacial score (nSPS) is 12.7. The summed E-state index contributed by atoms with van der Waals surface area (Å²) in [6.07, 6.45) is 0.944. The molecule has 1 aromatic heterocycles. The molecule has 0 atom stereocenters. The number of amides is 1. The fourth-order valence-corrected chi connectivity index (χ4v) is 4.36. The van der Waals surface area contributed by atoms with E-state index in [-0.39, 0.29) is 5.91 Å². The third-order valence-electron chi connectivity index (χ3n) is 5.86. The Balaban J connectivity index is 1.39. The van der Waals surface area contributed by atoms with E-state index in [1.165, 1.54) is 5.56 Å². The number of nitrogens with zero attached hydrogens (tertiary/aromatic N) is 2. The van der Waals surface area contributed by atoms with Gasteiger partial charge in [-0.05, 0) is 91.6 Å². The number of hydrogen-bond donors (Lipinski definition) is 1. The average molecular weight is 424 g/mol. The second-order valence-corrected chi connectivity index (χ2v) is 8.31. The lowest BCUT2D eigenvalue weighted by Crippen LogP contribution is -2.15. The van der Waals surface area contributed by atoms with E-state index in [1.54, 1.807) is 7.11 Å². The van der Waals surface area contributed by atoms with Crippen molar-refractivity contribution in [3.8, 4) is 5.75 Å². The number of carbonyl (C=O) groups is 1. The molecule has 1 amide bonds. The van der Waals surface area contributed by atoms with Crippen LogP contribution >= 0.6 is 0 Å².